The number of benzene rings is 3. The molecule has 1 aromatic heterocycles. The lowest BCUT2D eigenvalue weighted by Gasteiger charge is -2.12. The predicted octanol–water partition coefficient (Wildman–Crippen LogP) is 6.28. The molecule has 0 radical (unpaired) electrons. The summed E-state index contributed by atoms with van der Waals surface area (Å²) >= 11 is 1.24. The second-order valence-electron chi connectivity index (χ2n) is 7.79. The zero-order valence-corrected chi connectivity index (χ0v) is 19.8. The van der Waals surface area contributed by atoms with Gasteiger partial charge in [-0.25, -0.2) is 0 Å². The van der Waals surface area contributed by atoms with E-state index in [4.69, 9.17) is 9.15 Å². The van der Waals surface area contributed by atoms with Crippen molar-refractivity contribution in [1.82, 2.24) is 4.90 Å². The fourth-order valence-corrected chi connectivity index (χ4v) is 4.36. The highest BCUT2D eigenvalue weighted by atomic mass is 32.2. The zero-order chi connectivity index (χ0) is 24.7. The second-order valence-corrected chi connectivity index (χ2v) is 8.80. The van der Waals surface area contributed by atoms with Gasteiger partial charge in [-0.2, -0.15) is 5.10 Å². The zero-order valence-electron chi connectivity index (χ0n) is 19.0. The minimum Gasteiger partial charge on any atom is -0.508 e. The smallest absolute Gasteiger partial charge is 0.267 e. The Labute approximate surface area is 212 Å². The molecule has 8 heteroatoms. The number of rotatable bonds is 7. The molecule has 0 saturated carbocycles. The Balaban J connectivity index is 1.39. The summed E-state index contributed by atoms with van der Waals surface area (Å²) in [5.41, 5.74) is 1.60. The van der Waals surface area contributed by atoms with Crippen LogP contribution >= 0.6 is 11.8 Å². The standard InChI is InChI=1S/C28H21N3O4S/c32-22-13-11-20(12-14-22)18-29-30-28-31(19-25-10-5-15-34-25)27(33)26(36-28)17-21-6-4-9-24(16-21)35-23-7-2-1-3-8-23/h1-18,32H,19H2/b26-17-,29-18-,30-28+. The van der Waals surface area contributed by atoms with Crippen LogP contribution in [0.4, 0.5) is 0 Å². The molecule has 1 amide bonds. The molecule has 1 N–H and O–H groups in total. The number of phenolic OH excluding ortho intramolecular Hbond substituents is 1. The molecular formula is C28H21N3O4S. The fraction of sp³-hybridized carbons (Fsp3) is 0.0357. The van der Waals surface area contributed by atoms with Crippen molar-refractivity contribution >= 4 is 35.1 Å². The molecule has 1 saturated heterocycles. The first-order valence-corrected chi connectivity index (χ1v) is 11.9. The Morgan fingerprint density at radius 3 is 2.50 bits per heavy atom. The molecule has 3 aromatic carbocycles. The summed E-state index contributed by atoms with van der Waals surface area (Å²) in [7, 11) is 0. The molecule has 1 aliphatic heterocycles. The van der Waals surface area contributed by atoms with E-state index in [0.29, 0.717) is 21.6 Å². The molecule has 0 atom stereocenters. The van der Waals surface area contributed by atoms with Crippen molar-refractivity contribution in [3.05, 3.63) is 119 Å². The van der Waals surface area contributed by atoms with E-state index < -0.39 is 0 Å². The van der Waals surface area contributed by atoms with E-state index in [2.05, 4.69) is 10.2 Å². The minimum absolute atomic E-state index is 0.174. The number of hydrogen-bond donors (Lipinski definition) is 1. The van der Waals surface area contributed by atoms with Crippen LogP contribution in [-0.4, -0.2) is 27.3 Å². The molecule has 0 bridgehead atoms. The monoisotopic (exact) mass is 495 g/mol. The third kappa shape index (κ3) is 5.73. The molecule has 36 heavy (non-hydrogen) atoms. The van der Waals surface area contributed by atoms with Crippen molar-refractivity contribution in [2.45, 2.75) is 6.54 Å². The lowest BCUT2D eigenvalue weighted by molar-refractivity contribution is -0.122. The largest absolute Gasteiger partial charge is 0.508 e. The minimum atomic E-state index is -0.190. The number of furan rings is 1. The number of thioether (sulfide) groups is 1. The van der Waals surface area contributed by atoms with Crippen LogP contribution in [0.2, 0.25) is 0 Å². The van der Waals surface area contributed by atoms with Crippen molar-refractivity contribution in [1.29, 1.82) is 0 Å². The topological polar surface area (TPSA) is 87.6 Å². The number of carbonyl (C=O) groups excluding carboxylic acids is 1. The lowest BCUT2D eigenvalue weighted by Crippen LogP contribution is -2.28. The van der Waals surface area contributed by atoms with Crippen molar-refractivity contribution in [3.63, 3.8) is 0 Å². The summed E-state index contributed by atoms with van der Waals surface area (Å²) in [5, 5.41) is 18.3. The predicted molar refractivity (Wildman–Crippen MR) is 141 cm³/mol. The number of ether oxygens (including phenoxy) is 1. The van der Waals surface area contributed by atoms with E-state index >= 15 is 0 Å². The summed E-state index contributed by atoms with van der Waals surface area (Å²) in [6.45, 7) is 0.237. The fourth-order valence-electron chi connectivity index (χ4n) is 3.43. The third-order valence-electron chi connectivity index (χ3n) is 5.16. The molecule has 0 unspecified atom stereocenters. The highest BCUT2D eigenvalue weighted by molar-refractivity contribution is 8.18. The van der Waals surface area contributed by atoms with Crippen LogP contribution in [0, 0.1) is 0 Å². The number of nitrogens with zero attached hydrogens (tertiary/aromatic N) is 3. The first-order valence-electron chi connectivity index (χ1n) is 11.1. The van der Waals surface area contributed by atoms with Gasteiger partial charge in [-0.3, -0.25) is 9.69 Å². The van der Waals surface area contributed by atoms with Gasteiger partial charge in [-0.15, -0.1) is 5.10 Å². The maximum atomic E-state index is 13.3. The van der Waals surface area contributed by atoms with Crippen LogP contribution in [0.15, 0.2) is 117 Å². The Kier molecular flexibility index (Phi) is 6.95. The first-order chi connectivity index (χ1) is 17.6. The normalized spacial score (nSPS) is 15.9. The van der Waals surface area contributed by atoms with E-state index in [1.54, 1.807) is 48.9 Å². The van der Waals surface area contributed by atoms with E-state index in [-0.39, 0.29) is 18.2 Å². The number of carbonyl (C=O) groups is 1. The summed E-state index contributed by atoms with van der Waals surface area (Å²) in [5.74, 6) is 2.03. The number of phenols is 1. The van der Waals surface area contributed by atoms with Crippen LogP contribution < -0.4 is 4.74 Å². The van der Waals surface area contributed by atoms with Crippen LogP contribution in [0.1, 0.15) is 16.9 Å². The van der Waals surface area contributed by atoms with E-state index in [1.165, 1.54) is 16.7 Å². The molecule has 2 heterocycles. The van der Waals surface area contributed by atoms with Gasteiger partial charge < -0.3 is 14.3 Å². The lowest BCUT2D eigenvalue weighted by atomic mass is 10.2. The number of para-hydroxylation sites is 1. The van der Waals surface area contributed by atoms with Gasteiger partial charge in [0.05, 0.1) is 23.9 Å². The van der Waals surface area contributed by atoms with Gasteiger partial charge in [0.15, 0.2) is 5.17 Å². The Morgan fingerprint density at radius 2 is 1.72 bits per heavy atom. The van der Waals surface area contributed by atoms with Gasteiger partial charge in [0, 0.05) is 0 Å². The average molecular weight is 496 g/mol. The molecule has 5 rings (SSSR count). The SMILES string of the molecule is O=C1/C(=C/c2cccc(Oc3ccccc3)c2)S/C(=N/N=C\c2ccc(O)cc2)N1Cc1ccco1. The molecule has 178 valence electrons. The Bertz CT molecular complexity index is 1430. The maximum absolute atomic E-state index is 13.3. The van der Waals surface area contributed by atoms with Crippen LogP contribution in [0.3, 0.4) is 0 Å². The van der Waals surface area contributed by atoms with Crippen LogP contribution in [0.25, 0.3) is 6.08 Å². The molecule has 0 spiro atoms. The summed E-state index contributed by atoms with van der Waals surface area (Å²) < 4.78 is 11.4. The van der Waals surface area contributed by atoms with Gasteiger partial charge in [-0.1, -0.05) is 30.3 Å². The average Bonchev–Trinajstić information content (AvgIpc) is 3.50. The number of aromatic hydroxyl groups is 1. The summed E-state index contributed by atoms with van der Waals surface area (Å²) in [4.78, 5) is 15.3. The van der Waals surface area contributed by atoms with E-state index in [9.17, 15) is 9.90 Å². The maximum Gasteiger partial charge on any atom is 0.267 e. The third-order valence-corrected chi connectivity index (χ3v) is 6.16. The molecular weight excluding hydrogens is 474 g/mol. The van der Waals surface area contributed by atoms with E-state index in [0.717, 1.165) is 16.9 Å². The summed E-state index contributed by atoms with van der Waals surface area (Å²) in [6.07, 6.45) is 4.94. The molecule has 1 fully saturated rings. The number of amides is 1. The number of amidine groups is 1. The first kappa shape index (κ1) is 23.2. The summed E-state index contributed by atoms with van der Waals surface area (Å²) in [6, 6.07) is 27.2. The van der Waals surface area contributed by atoms with Crippen molar-refractivity contribution in [3.8, 4) is 17.2 Å². The molecule has 0 aliphatic carbocycles. The van der Waals surface area contributed by atoms with Gasteiger partial charge in [0.25, 0.3) is 5.91 Å². The highest BCUT2D eigenvalue weighted by Gasteiger charge is 2.34. The van der Waals surface area contributed by atoms with Crippen LogP contribution in [0.5, 0.6) is 17.2 Å². The second kappa shape index (κ2) is 10.8. The van der Waals surface area contributed by atoms with E-state index in [1.807, 2.05) is 60.7 Å². The van der Waals surface area contributed by atoms with Gasteiger partial charge in [0.2, 0.25) is 0 Å². The molecule has 4 aromatic rings. The van der Waals surface area contributed by atoms with Gasteiger partial charge in [0.1, 0.15) is 23.0 Å². The van der Waals surface area contributed by atoms with Crippen molar-refractivity contribution in [2.75, 3.05) is 0 Å². The van der Waals surface area contributed by atoms with Crippen molar-refractivity contribution in [2.24, 2.45) is 10.2 Å². The quantitative estimate of drug-likeness (QED) is 0.185. The van der Waals surface area contributed by atoms with Crippen LogP contribution in [-0.2, 0) is 11.3 Å². The number of hydrogen-bond acceptors (Lipinski definition) is 7. The van der Waals surface area contributed by atoms with Gasteiger partial charge >= 0.3 is 0 Å². The highest BCUT2D eigenvalue weighted by Crippen LogP contribution is 2.34. The molecule has 7 nitrogen and oxygen atoms in total. The Morgan fingerprint density at radius 1 is 0.917 bits per heavy atom. The van der Waals surface area contributed by atoms with Crippen molar-refractivity contribution < 1.29 is 19.1 Å². The molecule has 1 aliphatic rings. The Hall–Kier alpha value is -4.56. The van der Waals surface area contributed by atoms with Gasteiger partial charge in [-0.05, 0) is 89.6 Å².